The maximum Gasteiger partial charge on any atom is 0.186 e. The van der Waals surface area contributed by atoms with Crippen molar-refractivity contribution >= 4 is 34.3 Å². The van der Waals surface area contributed by atoms with Gasteiger partial charge in [0.1, 0.15) is 5.82 Å². The minimum atomic E-state index is -0.346. The van der Waals surface area contributed by atoms with E-state index in [4.69, 9.17) is 12.2 Å². The molecule has 92 valence electrons. The Morgan fingerprint density at radius 1 is 1.39 bits per heavy atom. The van der Waals surface area contributed by atoms with Crippen LogP contribution >= 0.6 is 12.2 Å². The van der Waals surface area contributed by atoms with E-state index in [1.807, 2.05) is 6.07 Å². The minimum absolute atomic E-state index is 0.346. The molecule has 0 fully saturated rings. The first-order valence-electron chi connectivity index (χ1n) is 5.26. The van der Waals surface area contributed by atoms with Crippen LogP contribution in [-0.2, 0) is 0 Å². The monoisotopic (exact) mass is 262 g/mol. The van der Waals surface area contributed by atoms with Crippen LogP contribution in [0.5, 0.6) is 0 Å². The van der Waals surface area contributed by atoms with Gasteiger partial charge in [-0.05, 0) is 12.2 Å². The molecule has 0 aliphatic heterocycles. The molecule has 1 aromatic carbocycles. The van der Waals surface area contributed by atoms with Crippen molar-refractivity contribution in [2.45, 2.75) is 0 Å². The number of nitrogens with zero attached hydrogens (tertiary/aromatic N) is 2. The summed E-state index contributed by atoms with van der Waals surface area (Å²) >= 11 is 4.87. The number of hydrogen-bond acceptors (Lipinski definition) is 3. The fourth-order valence-corrected chi connectivity index (χ4v) is 1.54. The molecule has 0 bridgehead atoms. The topological polar surface area (TPSA) is 49.3 Å². The molecule has 0 saturated heterocycles. The van der Waals surface area contributed by atoms with Crippen molar-refractivity contribution in [3.05, 3.63) is 42.0 Å². The third-order valence-corrected chi connectivity index (χ3v) is 2.65. The van der Waals surface area contributed by atoms with Gasteiger partial charge in [0.05, 0.1) is 18.1 Å². The molecular formula is C12H11FN4S. The number of rotatable bonds is 2. The van der Waals surface area contributed by atoms with Crippen LogP contribution in [0.25, 0.3) is 10.8 Å². The van der Waals surface area contributed by atoms with E-state index in [2.05, 4.69) is 20.8 Å². The van der Waals surface area contributed by atoms with Crippen molar-refractivity contribution in [3.63, 3.8) is 0 Å². The van der Waals surface area contributed by atoms with E-state index in [0.29, 0.717) is 21.6 Å². The Labute approximate surface area is 109 Å². The van der Waals surface area contributed by atoms with Crippen LogP contribution in [0.2, 0.25) is 0 Å². The van der Waals surface area contributed by atoms with Crippen LogP contribution in [0.3, 0.4) is 0 Å². The SMILES string of the molecule is CNC(=S)N/N=C/c1ncc(F)c2ccccc12. The van der Waals surface area contributed by atoms with Gasteiger partial charge in [0.15, 0.2) is 5.11 Å². The summed E-state index contributed by atoms with van der Waals surface area (Å²) in [6.07, 6.45) is 2.69. The Morgan fingerprint density at radius 2 is 2.11 bits per heavy atom. The molecule has 0 spiro atoms. The molecule has 0 aliphatic carbocycles. The maximum atomic E-state index is 13.5. The summed E-state index contributed by atoms with van der Waals surface area (Å²) in [6, 6.07) is 7.10. The summed E-state index contributed by atoms with van der Waals surface area (Å²) < 4.78 is 13.5. The van der Waals surface area contributed by atoms with E-state index in [-0.39, 0.29) is 5.82 Å². The van der Waals surface area contributed by atoms with Gasteiger partial charge in [-0.15, -0.1) is 0 Å². The second-order valence-corrected chi connectivity index (χ2v) is 3.89. The van der Waals surface area contributed by atoms with Crippen molar-refractivity contribution in [2.75, 3.05) is 7.05 Å². The zero-order valence-corrected chi connectivity index (χ0v) is 10.5. The van der Waals surface area contributed by atoms with Gasteiger partial charge < -0.3 is 5.32 Å². The third-order valence-electron chi connectivity index (χ3n) is 2.36. The largest absolute Gasteiger partial charge is 0.364 e. The molecule has 1 aromatic heterocycles. The Bertz CT molecular complexity index is 612. The van der Waals surface area contributed by atoms with Gasteiger partial charge in [0.2, 0.25) is 0 Å². The number of aromatic nitrogens is 1. The molecule has 2 aromatic rings. The summed E-state index contributed by atoms with van der Waals surface area (Å²) in [5, 5.41) is 8.28. The van der Waals surface area contributed by atoms with Gasteiger partial charge in [0.25, 0.3) is 0 Å². The van der Waals surface area contributed by atoms with E-state index >= 15 is 0 Å². The lowest BCUT2D eigenvalue weighted by molar-refractivity contribution is 0.634. The Balaban J connectivity index is 2.34. The summed E-state index contributed by atoms with van der Waals surface area (Å²) in [5.41, 5.74) is 3.20. The lowest BCUT2D eigenvalue weighted by atomic mass is 10.1. The fourth-order valence-electron chi connectivity index (χ4n) is 1.49. The quantitative estimate of drug-likeness (QED) is 0.492. The third kappa shape index (κ3) is 2.60. The van der Waals surface area contributed by atoms with Crippen LogP contribution in [-0.4, -0.2) is 23.4 Å². The highest BCUT2D eigenvalue weighted by Crippen LogP contribution is 2.18. The van der Waals surface area contributed by atoms with Crippen molar-refractivity contribution in [1.29, 1.82) is 0 Å². The predicted molar refractivity (Wildman–Crippen MR) is 74.1 cm³/mol. The normalized spacial score (nSPS) is 10.8. The number of hydrazone groups is 1. The molecule has 18 heavy (non-hydrogen) atoms. The number of pyridine rings is 1. The van der Waals surface area contributed by atoms with Crippen LogP contribution in [0.15, 0.2) is 35.6 Å². The lowest BCUT2D eigenvalue weighted by Crippen LogP contribution is -2.28. The Kier molecular flexibility index (Phi) is 3.78. The lowest BCUT2D eigenvalue weighted by Gasteiger charge is -2.03. The molecule has 6 heteroatoms. The second kappa shape index (κ2) is 5.50. The molecule has 0 radical (unpaired) electrons. The number of hydrogen-bond donors (Lipinski definition) is 2. The van der Waals surface area contributed by atoms with Crippen LogP contribution < -0.4 is 10.7 Å². The van der Waals surface area contributed by atoms with E-state index < -0.39 is 0 Å². The van der Waals surface area contributed by atoms with Gasteiger partial charge >= 0.3 is 0 Å². The first kappa shape index (κ1) is 12.4. The molecule has 0 saturated carbocycles. The van der Waals surface area contributed by atoms with Gasteiger partial charge in [-0.1, -0.05) is 24.3 Å². The Hall–Kier alpha value is -2.08. The van der Waals surface area contributed by atoms with Gasteiger partial charge in [-0.2, -0.15) is 5.10 Å². The number of nitrogens with one attached hydrogen (secondary N) is 2. The average molecular weight is 262 g/mol. The smallest absolute Gasteiger partial charge is 0.186 e. The molecule has 2 N–H and O–H groups in total. The summed E-state index contributed by atoms with van der Waals surface area (Å²) in [5.74, 6) is -0.346. The van der Waals surface area contributed by atoms with E-state index in [9.17, 15) is 4.39 Å². The number of fused-ring (bicyclic) bond motifs is 1. The predicted octanol–water partition coefficient (Wildman–Crippen LogP) is 1.80. The molecular weight excluding hydrogens is 251 g/mol. The van der Waals surface area contributed by atoms with Crippen molar-refractivity contribution in [1.82, 2.24) is 15.7 Å². The molecule has 0 unspecified atom stereocenters. The Morgan fingerprint density at radius 3 is 2.83 bits per heavy atom. The number of halogens is 1. The highest BCUT2D eigenvalue weighted by Gasteiger charge is 2.04. The van der Waals surface area contributed by atoms with Crippen molar-refractivity contribution < 1.29 is 4.39 Å². The van der Waals surface area contributed by atoms with E-state index in [1.165, 1.54) is 12.4 Å². The van der Waals surface area contributed by atoms with Crippen LogP contribution in [0.1, 0.15) is 5.69 Å². The zero-order valence-electron chi connectivity index (χ0n) is 9.64. The molecule has 0 aliphatic rings. The van der Waals surface area contributed by atoms with Gasteiger partial charge in [-0.25, -0.2) is 4.39 Å². The molecule has 2 rings (SSSR count). The standard InChI is InChI=1S/C12H11FN4S/c1-14-12(18)17-16-7-11-9-5-3-2-4-8(9)10(13)6-15-11/h2-7H,1H3,(H2,14,17,18)/b16-7+. The van der Waals surface area contributed by atoms with E-state index in [1.54, 1.807) is 25.2 Å². The first-order chi connectivity index (χ1) is 8.72. The fraction of sp³-hybridized carbons (Fsp3) is 0.0833. The van der Waals surface area contributed by atoms with Crippen LogP contribution in [0, 0.1) is 5.82 Å². The highest BCUT2D eigenvalue weighted by molar-refractivity contribution is 7.80. The first-order valence-corrected chi connectivity index (χ1v) is 5.67. The number of thiocarbonyl (C=S) groups is 1. The zero-order chi connectivity index (χ0) is 13.0. The highest BCUT2D eigenvalue weighted by atomic mass is 32.1. The summed E-state index contributed by atoms with van der Waals surface area (Å²) in [4.78, 5) is 4.00. The maximum absolute atomic E-state index is 13.5. The second-order valence-electron chi connectivity index (χ2n) is 3.49. The van der Waals surface area contributed by atoms with E-state index in [0.717, 1.165) is 0 Å². The summed E-state index contributed by atoms with van der Waals surface area (Å²) in [7, 11) is 1.69. The van der Waals surface area contributed by atoms with Gasteiger partial charge in [-0.3, -0.25) is 10.4 Å². The van der Waals surface area contributed by atoms with Crippen molar-refractivity contribution in [3.8, 4) is 0 Å². The summed E-state index contributed by atoms with van der Waals surface area (Å²) in [6.45, 7) is 0. The van der Waals surface area contributed by atoms with Crippen LogP contribution in [0.4, 0.5) is 4.39 Å². The molecule has 1 heterocycles. The van der Waals surface area contributed by atoms with Gasteiger partial charge in [0, 0.05) is 17.8 Å². The van der Waals surface area contributed by atoms with Crippen molar-refractivity contribution in [2.24, 2.45) is 5.10 Å². The average Bonchev–Trinajstić information content (AvgIpc) is 2.41. The molecule has 0 amide bonds. The number of benzene rings is 1. The minimum Gasteiger partial charge on any atom is -0.364 e. The molecule has 4 nitrogen and oxygen atoms in total. The molecule has 0 atom stereocenters.